The van der Waals surface area contributed by atoms with E-state index in [0.29, 0.717) is 11.8 Å². The standard InChI is InChI=1S/C7H14O2.C5H12/c1-2-3-4-5-6-7(8)9;1-5(2,3)4/h2-6H2,1H3,(H,8,9);1-4H3. The van der Waals surface area contributed by atoms with Crippen LogP contribution in [0.25, 0.3) is 0 Å². The van der Waals surface area contributed by atoms with Gasteiger partial charge in [0.25, 0.3) is 0 Å². The Morgan fingerprint density at radius 1 is 1.07 bits per heavy atom. The first-order valence-electron chi connectivity index (χ1n) is 5.49. The lowest BCUT2D eigenvalue weighted by Crippen LogP contribution is -1.93. The SMILES string of the molecule is CC(C)(C)C.CCCCCCC(=O)O. The van der Waals surface area contributed by atoms with Crippen molar-refractivity contribution in [2.45, 2.75) is 66.7 Å². The van der Waals surface area contributed by atoms with Gasteiger partial charge in [-0.2, -0.15) is 0 Å². The number of carboxylic acids is 1. The van der Waals surface area contributed by atoms with Crippen LogP contribution in [0, 0.1) is 5.41 Å². The molecule has 14 heavy (non-hydrogen) atoms. The predicted molar refractivity (Wildman–Crippen MR) is 61.5 cm³/mol. The lowest BCUT2D eigenvalue weighted by molar-refractivity contribution is -0.137. The van der Waals surface area contributed by atoms with Gasteiger partial charge in [-0.05, 0) is 11.8 Å². The predicted octanol–water partition coefficient (Wildman–Crippen LogP) is 4.09. The summed E-state index contributed by atoms with van der Waals surface area (Å²) in [6.07, 6.45) is 4.55. The number of aliphatic carboxylic acids is 1. The number of carbonyl (C=O) groups is 1. The summed E-state index contributed by atoms with van der Waals surface area (Å²) in [4.78, 5) is 9.96. The zero-order chi connectivity index (χ0) is 11.6. The molecule has 0 heterocycles. The first kappa shape index (κ1) is 15.9. The Hall–Kier alpha value is -0.530. The van der Waals surface area contributed by atoms with Crippen LogP contribution in [0.5, 0.6) is 0 Å². The molecule has 2 nitrogen and oxygen atoms in total. The third-order valence-corrected chi connectivity index (χ3v) is 1.24. The largest absolute Gasteiger partial charge is 0.481 e. The van der Waals surface area contributed by atoms with Gasteiger partial charge < -0.3 is 5.11 Å². The van der Waals surface area contributed by atoms with Crippen LogP contribution < -0.4 is 0 Å². The summed E-state index contributed by atoms with van der Waals surface area (Å²) in [5.74, 6) is -0.675. The molecule has 0 aliphatic heterocycles. The van der Waals surface area contributed by atoms with Crippen LogP contribution >= 0.6 is 0 Å². The highest BCUT2D eigenvalue weighted by atomic mass is 16.4. The van der Waals surface area contributed by atoms with Gasteiger partial charge in [0.05, 0.1) is 0 Å². The van der Waals surface area contributed by atoms with Gasteiger partial charge in [0.2, 0.25) is 0 Å². The quantitative estimate of drug-likeness (QED) is 0.682. The van der Waals surface area contributed by atoms with E-state index in [2.05, 4.69) is 34.6 Å². The van der Waals surface area contributed by atoms with Gasteiger partial charge in [-0.3, -0.25) is 4.79 Å². The highest BCUT2D eigenvalue weighted by Crippen LogP contribution is 2.08. The molecular weight excluding hydrogens is 176 g/mol. The number of hydrogen-bond donors (Lipinski definition) is 1. The first-order valence-corrected chi connectivity index (χ1v) is 5.49. The summed E-state index contributed by atoms with van der Waals surface area (Å²) in [6.45, 7) is 10.9. The molecular formula is C12H26O2. The second-order valence-corrected chi connectivity index (χ2v) is 5.20. The van der Waals surface area contributed by atoms with E-state index in [1.54, 1.807) is 0 Å². The smallest absolute Gasteiger partial charge is 0.303 e. The van der Waals surface area contributed by atoms with E-state index in [1.165, 1.54) is 6.42 Å². The van der Waals surface area contributed by atoms with E-state index in [0.717, 1.165) is 19.3 Å². The maximum Gasteiger partial charge on any atom is 0.303 e. The summed E-state index contributed by atoms with van der Waals surface area (Å²) < 4.78 is 0. The summed E-state index contributed by atoms with van der Waals surface area (Å²) in [6, 6.07) is 0. The number of hydrogen-bond acceptors (Lipinski definition) is 1. The van der Waals surface area contributed by atoms with Gasteiger partial charge in [0.1, 0.15) is 0 Å². The van der Waals surface area contributed by atoms with Gasteiger partial charge in [-0.1, -0.05) is 53.9 Å². The third-order valence-electron chi connectivity index (χ3n) is 1.24. The summed E-state index contributed by atoms with van der Waals surface area (Å²) in [5, 5.41) is 8.21. The van der Waals surface area contributed by atoms with E-state index < -0.39 is 5.97 Å². The highest BCUT2D eigenvalue weighted by Gasteiger charge is 1.95. The van der Waals surface area contributed by atoms with E-state index in [9.17, 15) is 4.79 Å². The Morgan fingerprint density at radius 3 is 1.79 bits per heavy atom. The van der Waals surface area contributed by atoms with E-state index in [4.69, 9.17) is 5.11 Å². The molecule has 0 unspecified atom stereocenters. The fourth-order valence-electron chi connectivity index (χ4n) is 0.703. The topological polar surface area (TPSA) is 37.3 Å². The number of unbranched alkanes of at least 4 members (excludes halogenated alkanes) is 3. The van der Waals surface area contributed by atoms with Crippen molar-refractivity contribution in [2.75, 3.05) is 0 Å². The molecule has 0 rings (SSSR count). The fraction of sp³-hybridized carbons (Fsp3) is 0.917. The average Bonchev–Trinajstić information content (AvgIpc) is 1.94. The molecule has 0 fully saturated rings. The van der Waals surface area contributed by atoms with E-state index in [-0.39, 0.29) is 0 Å². The second kappa shape index (κ2) is 9.04. The Labute approximate surface area is 88.7 Å². The molecule has 0 aliphatic carbocycles. The van der Waals surface area contributed by atoms with Gasteiger partial charge in [0, 0.05) is 6.42 Å². The van der Waals surface area contributed by atoms with Gasteiger partial charge in [0.15, 0.2) is 0 Å². The minimum Gasteiger partial charge on any atom is -0.481 e. The summed E-state index contributed by atoms with van der Waals surface area (Å²) in [7, 11) is 0. The molecule has 0 aliphatic rings. The van der Waals surface area contributed by atoms with Crippen LogP contribution in [0.1, 0.15) is 66.7 Å². The van der Waals surface area contributed by atoms with Crippen LogP contribution in [0.2, 0.25) is 0 Å². The monoisotopic (exact) mass is 202 g/mol. The maximum absolute atomic E-state index is 9.96. The molecule has 0 bridgehead atoms. The fourth-order valence-corrected chi connectivity index (χ4v) is 0.703. The van der Waals surface area contributed by atoms with Crippen molar-refractivity contribution >= 4 is 5.97 Å². The molecule has 0 saturated carbocycles. The minimum absolute atomic E-state index is 0.333. The first-order chi connectivity index (χ1) is 6.27. The Balaban J connectivity index is 0. The molecule has 0 spiro atoms. The number of rotatable bonds is 5. The molecule has 86 valence electrons. The van der Waals surface area contributed by atoms with E-state index in [1.807, 2.05) is 0 Å². The molecule has 0 aromatic heterocycles. The molecule has 0 radical (unpaired) electrons. The normalized spacial score (nSPS) is 10.4. The van der Waals surface area contributed by atoms with Crippen LogP contribution in [-0.2, 0) is 4.79 Å². The molecule has 0 saturated heterocycles. The van der Waals surface area contributed by atoms with Crippen molar-refractivity contribution in [1.29, 1.82) is 0 Å². The van der Waals surface area contributed by atoms with Crippen LogP contribution in [0.4, 0.5) is 0 Å². The maximum atomic E-state index is 9.96. The van der Waals surface area contributed by atoms with Crippen molar-refractivity contribution in [2.24, 2.45) is 5.41 Å². The van der Waals surface area contributed by atoms with Crippen molar-refractivity contribution in [1.82, 2.24) is 0 Å². The van der Waals surface area contributed by atoms with Crippen molar-refractivity contribution < 1.29 is 9.90 Å². The molecule has 0 atom stereocenters. The Morgan fingerprint density at radius 2 is 1.50 bits per heavy atom. The minimum atomic E-state index is -0.675. The Kier molecular flexibility index (Phi) is 10.3. The lowest BCUT2D eigenvalue weighted by atomic mass is 10.0. The van der Waals surface area contributed by atoms with Crippen molar-refractivity contribution in [3.63, 3.8) is 0 Å². The molecule has 1 N–H and O–H groups in total. The zero-order valence-electron chi connectivity index (χ0n) is 10.4. The van der Waals surface area contributed by atoms with Gasteiger partial charge in [-0.25, -0.2) is 0 Å². The van der Waals surface area contributed by atoms with Crippen molar-refractivity contribution in [3.8, 4) is 0 Å². The number of carboxylic acid groups (broad SMARTS) is 1. The van der Waals surface area contributed by atoms with Gasteiger partial charge >= 0.3 is 5.97 Å². The highest BCUT2D eigenvalue weighted by molar-refractivity contribution is 5.66. The van der Waals surface area contributed by atoms with Crippen molar-refractivity contribution in [3.05, 3.63) is 0 Å². The second-order valence-electron chi connectivity index (χ2n) is 5.20. The van der Waals surface area contributed by atoms with E-state index >= 15 is 0 Å². The Bertz CT molecular complexity index is 128. The average molecular weight is 202 g/mol. The third kappa shape index (κ3) is 42.0. The molecule has 0 aromatic rings. The summed E-state index contributed by atoms with van der Waals surface area (Å²) >= 11 is 0. The van der Waals surface area contributed by atoms with Gasteiger partial charge in [-0.15, -0.1) is 0 Å². The molecule has 2 heteroatoms. The zero-order valence-corrected chi connectivity index (χ0v) is 10.4. The molecule has 0 amide bonds. The lowest BCUT2D eigenvalue weighted by Gasteiger charge is -2.05. The van der Waals surface area contributed by atoms with Crippen LogP contribution in [-0.4, -0.2) is 11.1 Å². The van der Waals surface area contributed by atoms with Crippen LogP contribution in [0.15, 0.2) is 0 Å². The summed E-state index contributed by atoms with van der Waals surface area (Å²) in [5.41, 5.74) is 0.500. The van der Waals surface area contributed by atoms with Crippen LogP contribution in [0.3, 0.4) is 0 Å². The molecule has 0 aromatic carbocycles.